The monoisotopic (exact) mass is 471 g/mol. The maximum atomic E-state index is 13.1. The summed E-state index contributed by atoms with van der Waals surface area (Å²) in [6.07, 6.45) is 3.94. The summed E-state index contributed by atoms with van der Waals surface area (Å²) in [5.41, 5.74) is 2.31. The van der Waals surface area contributed by atoms with E-state index in [0.717, 1.165) is 17.7 Å². The molecule has 1 amide bonds. The molecule has 0 bridgehead atoms. The Morgan fingerprint density at radius 2 is 1.69 bits per heavy atom. The molecule has 0 radical (unpaired) electrons. The van der Waals surface area contributed by atoms with Crippen LogP contribution >= 0.6 is 0 Å². The number of aromatic nitrogens is 1. The minimum absolute atomic E-state index is 0.0870. The number of likely N-dealkylation sites (tertiary alicyclic amines) is 1. The summed E-state index contributed by atoms with van der Waals surface area (Å²) in [6.45, 7) is 1.60. The lowest BCUT2D eigenvalue weighted by atomic mass is 9.96. The van der Waals surface area contributed by atoms with Crippen molar-refractivity contribution in [3.63, 3.8) is 0 Å². The predicted molar refractivity (Wildman–Crippen MR) is 134 cm³/mol. The Hall–Kier alpha value is -3.97. The number of aliphatic hydroxyl groups excluding tert-OH is 1. The van der Waals surface area contributed by atoms with Crippen LogP contribution < -0.4 is 4.74 Å². The van der Waals surface area contributed by atoms with E-state index in [2.05, 4.69) is 4.98 Å². The van der Waals surface area contributed by atoms with Crippen molar-refractivity contribution < 1.29 is 19.4 Å². The van der Waals surface area contributed by atoms with Gasteiger partial charge in [0.05, 0.1) is 11.6 Å². The molecule has 1 aliphatic heterocycles. The molecular weight excluding hydrogens is 442 g/mol. The maximum Gasteiger partial charge on any atom is 0.295 e. The molecule has 1 unspecified atom stereocenters. The van der Waals surface area contributed by atoms with E-state index < -0.39 is 17.7 Å². The molecule has 35 heavy (non-hydrogen) atoms. The standard InChI is InChI=1S/C28H29N3O4/c1-30(2)17-6-18-31-25(21-13-15-29-16-14-21)24(27(33)28(31)34)26(32)22-9-11-23(12-10-22)35-19-20-7-4-3-5-8-20/h3-5,7-16,25,32H,6,17-19H2,1-2H3. The first kappa shape index (κ1) is 24.2. The van der Waals surface area contributed by atoms with Gasteiger partial charge in [0, 0.05) is 24.5 Å². The van der Waals surface area contributed by atoms with Crippen LogP contribution in [0.2, 0.25) is 0 Å². The van der Waals surface area contributed by atoms with Gasteiger partial charge in [0.15, 0.2) is 0 Å². The lowest BCUT2D eigenvalue weighted by Crippen LogP contribution is -2.32. The summed E-state index contributed by atoms with van der Waals surface area (Å²) in [5, 5.41) is 11.2. The third-order valence-electron chi connectivity index (χ3n) is 5.94. The molecule has 1 saturated heterocycles. The number of hydrogen-bond donors (Lipinski definition) is 1. The van der Waals surface area contributed by atoms with Gasteiger partial charge in [0.25, 0.3) is 11.7 Å². The third-order valence-corrected chi connectivity index (χ3v) is 5.94. The second-order valence-electron chi connectivity index (χ2n) is 8.73. The average molecular weight is 472 g/mol. The van der Waals surface area contributed by atoms with Gasteiger partial charge in [0.1, 0.15) is 18.1 Å². The quantitative estimate of drug-likeness (QED) is 0.288. The highest BCUT2D eigenvalue weighted by molar-refractivity contribution is 6.46. The largest absolute Gasteiger partial charge is 0.507 e. The van der Waals surface area contributed by atoms with Crippen molar-refractivity contribution >= 4 is 17.4 Å². The molecule has 1 atom stereocenters. The highest BCUT2D eigenvalue weighted by atomic mass is 16.5. The highest BCUT2D eigenvalue weighted by Gasteiger charge is 2.45. The van der Waals surface area contributed by atoms with Crippen LogP contribution in [0.4, 0.5) is 0 Å². The number of nitrogens with zero attached hydrogens (tertiary/aromatic N) is 3. The SMILES string of the molecule is CN(C)CCCN1C(=O)C(=O)C(=C(O)c2ccc(OCc3ccccc3)cc2)C1c1ccncc1. The van der Waals surface area contributed by atoms with Gasteiger partial charge in [0.2, 0.25) is 0 Å². The smallest absolute Gasteiger partial charge is 0.295 e. The van der Waals surface area contributed by atoms with E-state index in [0.29, 0.717) is 30.9 Å². The molecule has 1 fully saturated rings. The van der Waals surface area contributed by atoms with E-state index in [4.69, 9.17) is 4.74 Å². The summed E-state index contributed by atoms with van der Waals surface area (Å²) < 4.78 is 5.82. The van der Waals surface area contributed by atoms with Crippen LogP contribution in [0.25, 0.3) is 5.76 Å². The van der Waals surface area contributed by atoms with Crippen LogP contribution in [-0.2, 0) is 16.2 Å². The van der Waals surface area contributed by atoms with Crippen molar-refractivity contribution in [3.05, 3.63) is 101 Å². The molecule has 7 nitrogen and oxygen atoms in total. The van der Waals surface area contributed by atoms with Gasteiger partial charge in [-0.3, -0.25) is 14.6 Å². The zero-order valence-electron chi connectivity index (χ0n) is 19.9. The van der Waals surface area contributed by atoms with Crippen LogP contribution in [0.15, 0.2) is 84.7 Å². The van der Waals surface area contributed by atoms with Crippen molar-refractivity contribution in [2.75, 3.05) is 27.2 Å². The number of pyridine rings is 1. The molecular formula is C28H29N3O4. The molecule has 1 aliphatic rings. The molecule has 4 rings (SSSR count). The number of Topliss-reactive ketones (excluding diaryl/α,β-unsaturated/α-hetero) is 1. The molecule has 1 aromatic heterocycles. The molecule has 1 N–H and O–H groups in total. The van der Waals surface area contributed by atoms with E-state index in [1.165, 1.54) is 0 Å². The van der Waals surface area contributed by atoms with Gasteiger partial charge >= 0.3 is 0 Å². The summed E-state index contributed by atoms with van der Waals surface area (Å²) in [4.78, 5) is 33.7. The first-order chi connectivity index (χ1) is 17.0. The first-order valence-electron chi connectivity index (χ1n) is 11.6. The van der Waals surface area contributed by atoms with Gasteiger partial charge < -0.3 is 19.6 Å². The minimum atomic E-state index is -0.682. The van der Waals surface area contributed by atoms with Crippen molar-refractivity contribution in [1.29, 1.82) is 0 Å². The predicted octanol–water partition coefficient (Wildman–Crippen LogP) is 4.03. The Labute approximate surface area is 205 Å². The van der Waals surface area contributed by atoms with E-state index >= 15 is 0 Å². The Bertz CT molecular complexity index is 1190. The molecule has 180 valence electrons. The van der Waals surface area contributed by atoms with Gasteiger partial charge in [-0.15, -0.1) is 0 Å². The second-order valence-corrected chi connectivity index (χ2v) is 8.73. The first-order valence-corrected chi connectivity index (χ1v) is 11.6. The number of hydrogen-bond acceptors (Lipinski definition) is 6. The Morgan fingerprint density at radius 1 is 1.00 bits per heavy atom. The zero-order valence-corrected chi connectivity index (χ0v) is 19.9. The lowest BCUT2D eigenvalue weighted by Gasteiger charge is -2.25. The lowest BCUT2D eigenvalue weighted by molar-refractivity contribution is -0.139. The maximum absolute atomic E-state index is 13.1. The summed E-state index contributed by atoms with van der Waals surface area (Å²) in [6, 6.07) is 19.6. The van der Waals surface area contributed by atoms with Crippen LogP contribution in [0.5, 0.6) is 5.75 Å². The summed E-state index contributed by atoms with van der Waals surface area (Å²) in [7, 11) is 3.92. The fraction of sp³-hybridized carbons (Fsp3) is 0.250. The number of ether oxygens (including phenoxy) is 1. The Kier molecular flexibility index (Phi) is 7.57. The zero-order chi connectivity index (χ0) is 24.8. The normalized spacial score (nSPS) is 17.2. The summed E-state index contributed by atoms with van der Waals surface area (Å²) in [5.74, 6) is -0.844. The second kappa shape index (κ2) is 11.0. The van der Waals surface area contributed by atoms with Gasteiger partial charge in [-0.1, -0.05) is 30.3 Å². The van der Waals surface area contributed by atoms with Crippen LogP contribution in [-0.4, -0.2) is 58.8 Å². The van der Waals surface area contributed by atoms with Crippen molar-refractivity contribution in [2.45, 2.75) is 19.1 Å². The number of carbonyl (C=O) groups excluding carboxylic acids is 2. The van der Waals surface area contributed by atoms with E-state index in [9.17, 15) is 14.7 Å². The Morgan fingerprint density at radius 3 is 2.34 bits per heavy atom. The van der Waals surface area contributed by atoms with Crippen LogP contribution in [0.1, 0.15) is 29.2 Å². The van der Waals surface area contributed by atoms with Gasteiger partial charge in [-0.25, -0.2) is 0 Å². The molecule has 7 heteroatoms. The molecule has 2 aromatic carbocycles. The minimum Gasteiger partial charge on any atom is -0.507 e. The average Bonchev–Trinajstić information content (AvgIpc) is 3.13. The number of aliphatic hydroxyl groups is 1. The van der Waals surface area contributed by atoms with Crippen molar-refractivity contribution in [3.8, 4) is 5.75 Å². The fourth-order valence-corrected chi connectivity index (χ4v) is 4.17. The molecule has 3 aromatic rings. The van der Waals surface area contributed by atoms with E-state index in [-0.39, 0.29) is 11.3 Å². The summed E-state index contributed by atoms with van der Waals surface area (Å²) >= 11 is 0. The number of amides is 1. The van der Waals surface area contributed by atoms with Gasteiger partial charge in [-0.2, -0.15) is 0 Å². The number of ketones is 1. The van der Waals surface area contributed by atoms with Gasteiger partial charge in [-0.05, 0) is 74.6 Å². The van der Waals surface area contributed by atoms with Crippen molar-refractivity contribution in [1.82, 2.24) is 14.8 Å². The fourth-order valence-electron chi connectivity index (χ4n) is 4.17. The van der Waals surface area contributed by atoms with Crippen LogP contribution in [0.3, 0.4) is 0 Å². The van der Waals surface area contributed by atoms with Crippen molar-refractivity contribution in [2.24, 2.45) is 0 Å². The number of carbonyl (C=O) groups is 2. The van der Waals surface area contributed by atoms with E-state index in [1.807, 2.05) is 49.3 Å². The Balaban J connectivity index is 1.61. The number of benzene rings is 2. The molecule has 0 saturated carbocycles. The highest BCUT2D eigenvalue weighted by Crippen LogP contribution is 2.39. The molecule has 0 spiro atoms. The third kappa shape index (κ3) is 5.58. The molecule has 0 aliphatic carbocycles. The topological polar surface area (TPSA) is 83.0 Å². The molecule has 2 heterocycles. The number of rotatable bonds is 9. The van der Waals surface area contributed by atoms with E-state index in [1.54, 1.807) is 53.7 Å². The van der Waals surface area contributed by atoms with Crippen LogP contribution in [0, 0.1) is 0 Å².